The molecule has 0 aromatic heterocycles. The molecule has 170 valence electrons. The molecule has 0 aliphatic heterocycles. The molecular weight excluding hydrogens is 376 g/mol. The summed E-state index contributed by atoms with van der Waals surface area (Å²) in [4.78, 5) is 0. The first-order valence-corrected chi connectivity index (χ1v) is 11.6. The highest BCUT2D eigenvalue weighted by Crippen LogP contribution is 2.20. The summed E-state index contributed by atoms with van der Waals surface area (Å²) in [6.07, 6.45) is 2.28. The second-order valence-electron chi connectivity index (χ2n) is 9.26. The van der Waals surface area contributed by atoms with Crippen molar-refractivity contribution in [2.45, 2.75) is 85.9 Å². The molecule has 0 aliphatic rings. The van der Waals surface area contributed by atoms with Gasteiger partial charge in [-0.05, 0) is 68.2 Å². The lowest BCUT2D eigenvalue weighted by molar-refractivity contribution is 0.330. The van der Waals surface area contributed by atoms with Crippen molar-refractivity contribution in [1.29, 1.82) is 0 Å². The van der Waals surface area contributed by atoms with E-state index >= 15 is 0 Å². The molecule has 2 heteroatoms. The highest BCUT2D eigenvalue weighted by Gasteiger charge is 2.27. The van der Waals surface area contributed by atoms with Crippen LogP contribution >= 0.6 is 0 Å². The van der Waals surface area contributed by atoms with Crippen LogP contribution in [0, 0.1) is 6.92 Å². The lowest BCUT2D eigenvalue weighted by Gasteiger charge is -2.36. The molecule has 0 saturated carbocycles. The Morgan fingerprint density at radius 2 is 1.55 bits per heavy atom. The first-order valence-electron chi connectivity index (χ1n) is 11.6. The van der Waals surface area contributed by atoms with Crippen LogP contribution < -0.4 is 21.1 Å². The molecule has 0 spiro atoms. The number of benzene rings is 2. The molecule has 0 aliphatic carbocycles. The van der Waals surface area contributed by atoms with Gasteiger partial charge in [0, 0.05) is 17.8 Å². The van der Waals surface area contributed by atoms with Crippen LogP contribution in [-0.4, -0.2) is 17.6 Å². The van der Waals surface area contributed by atoms with Gasteiger partial charge in [-0.25, -0.2) is 0 Å². The van der Waals surface area contributed by atoms with Gasteiger partial charge in [-0.3, -0.25) is 0 Å². The Bertz CT molecular complexity index is 939. The Balaban J connectivity index is 0.000000311. The maximum Gasteiger partial charge on any atom is 0.0550 e. The summed E-state index contributed by atoms with van der Waals surface area (Å²) in [5.41, 5.74) is 5.02. The van der Waals surface area contributed by atoms with Crippen LogP contribution in [0.2, 0.25) is 0 Å². The molecule has 2 aromatic carbocycles. The molecule has 2 rings (SSSR count). The Morgan fingerprint density at radius 1 is 0.968 bits per heavy atom. The molecule has 2 N–H and O–H groups in total. The van der Waals surface area contributed by atoms with Crippen molar-refractivity contribution >= 4 is 12.2 Å². The lowest BCUT2D eigenvalue weighted by atomic mass is 9.91. The number of hydrogen-bond donors (Lipinski definition) is 2. The summed E-state index contributed by atoms with van der Waals surface area (Å²) < 4.78 is 0. The minimum atomic E-state index is 0.00713. The third-order valence-corrected chi connectivity index (χ3v) is 5.46. The highest BCUT2D eigenvalue weighted by molar-refractivity contribution is 5.66. The normalized spacial score (nSPS) is 13.9. The molecule has 1 atom stereocenters. The molecule has 2 aromatic rings. The van der Waals surface area contributed by atoms with E-state index in [0.717, 1.165) is 23.8 Å². The Hall–Kier alpha value is -2.32. The van der Waals surface area contributed by atoms with Crippen molar-refractivity contribution < 1.29 is 0 Å². The highest BCUT2D eigenvalue weighted by atomic mass is 15.1. The van der Waals surface area contributed by atoms with Crippen LogP contribution in [0.3, 0.4) is 0 Å². The Kier molecular flexibility index (Phi) is 10.8. The summed E-state index contributed by atoms with van der Waals surface area (Å²) in [5, 5.41) is 9.34. The Labute approximate surface area is 191 Å². The van der Waals surface area contributed by atoms with Gasteiger partial charge in [0.2, 0.25) is 0 Å². The summed E-state index contributed by atoms with van der Waals surface area (Å²) >= 11 is 0. The standard InChI is InChI=1S/C16H16.C13H28N2/c1-12-8-4-6-10-15(12)14(3)16-11-7-5-9-13(16)2;1-8-9-13(7,15-11(4)5)12(6)14-10(2)3/h4-11H,1H2,2-3H3;10-11,14-15H,6,8-9H2,1-5,7H3/b15-14-;. The third kappa shape index (κ3) is 8.38. The molecule has 0 saturated heterocycles. The summed E-state index contributed by atoms with van der Waals surface area (Å²) in [7, 11) is 0. The van der Waals surface area contributed by atoms with Crippen LogP contribution in [-0.2, 0) is 0 Å². The van der Waals surface area contributed by atoms with Crippen molar-refractivity contribution in [2.24, 2.45) is 0 Å². The zero-order valence-corrected chi connectivity index (χ0v) is 21.1. The van der Waals surface area contributed by atoms with E-state index in [2.05, 4.69) is 122 Å². The topological polar surface area (TPSA) is 24.1 Å². The van der Waals surface area contributed by atoms with Crippen LogP contribution in [0.25, 0.3) is 12.2 Å². The fraction of sp³-hybridized carbons (Fsp3) is 0.448. The Morgan fingerprint density at radius 3 is 2.06 bits per heavy atom. The predicted molar refractivity (Wildman–Crippen MR) is 140 cm³/mol. The minimum Gasteiger partial charge on any atom is -0.385 e. The van der Waals surface area contributed by atoms with Gasteiger partial charge in [0.1, 0.15) is 0 Å². The number of nitrogens with one attached hydrogen (secondary N) is 2. The first-order chi connectivity index (χ1) is 14.5. The summed E-state index contributed by atoms with van der Waals surface area (Å²) in [5.74, 6) is 0. The minimum absolute atomic E-state index is 0.00713. The molecule has 1 unspecified atom stereocenters. The van der Waals surface area contributed by atoms with Gasteiger partial charge < -0.3 is 10.6 Å². The zero-order valence-electron chi connectivity index (χ0n) is 21.1. The van der Waals surface area contributed by atoms with E-state index in [0.29, 0.717) is 12.1 Å². The predicted octanol–water partition coefficient (Wildman–Crippen LogP) is 5.68. The van der Waals surface area contributed by atoms with Gasteiger partial charge in [-0.1, -0.05) is 88.9 Å². The number of aryl methyl sites for hydroxylation is 1. The van der Waals surface area contributed by atoms with Crippen molar-refractivity contribution in [1.82, 2.24) is 10.6 Å². The fourth-order valence-corrected chi connectivity index (χ4v) is 3.98. The first kappa shape index (κ1) is 26.7. The van der Waals surface area contributed by atoms with Gasteiger partial charge in [-0.2, -0.15) is 0 Å². The van der Waals surface area contributed by atoms with E-state index in [1.807, 2.05) is 6.07 Å². The van der Waals surface area contributed by atoms with E-state index in [-0.39, 0.29) is 5.54 Å². The van der Waals surface area contributed by atoms with Crippen LogP contribution in [0.4, 0.5) is 0 Å². The van der Waals surface area contributed by atoms with Crippen molar-refractivity contribution in [3.63, 3.8) is 0 Å². The van der Waals surface area contributed by atoms with E-state index in [4.69, 9.17) is 0 Å². The van der Waals surface area contributed by atoms with Crippen molar-refractivity contribution in [3.05, 3.63) is 82.4 Å². The van der Waals surface area contributed by atoms with E-state index in [1.54, 1.807) is 0 Å². The average Bonchev–Trinajstić information content (AvgIpc) is 2.68. The van der Waals surface area contributed by atoms with Gasteiger partial charge in [-0.15, -0.1) is 0 Å². The van der Waals surface area contributed by atoms with Crippen LogP contribution in [0.5, 0.6) is 0 Å². The van der Waals surface area contributed by atoms with E-state index < -0.39 is 0 Å². The number of hydrogen-bond acceptors (Lipinski definition) is 2. The SMILES string of the molecule is C=C(NC(C)C)C(C)(CCC)NC(C)C.C=c1cccc/c1=C(\C)c1ccccc1C. The van der Waals surface area contributed by atoms with Crippen LogP contribution in [0.1, 0.15) is 72.4 Å². The summed E-state index contributed by atoms with van der Waals surface area (Å²) in [6.45, 7) is 25.6. The maximum absolute atomic E-state index is 4.16. The molecule has 0 amide bonds. The quantitative estimate of drug-likeness (QED) is 0.574. The molecule has 0 bridgehead atoms. The van der Waals surface area contributed by atoms with Crippen molar-refractivity contribution in [3.8, 4) is 0 Å². The third-order valence-electron chi connectivity index (χ3n) is 5.46. The van der Waals surface area contributed by atoms with E-state index in [9.17, 15) is 0 Å². The van der Waals surface area contributed by atoms with E-state index in [1.165, 1.54) is 21.9 Å². The molecule has 0 fully saturated rings. The van der Waals surface area contributed by atoms with Gasteiger partial charge in [0.05, 0.1) is 5.54 Å². The summed E-state index contributed by atoms with van der Waals surface area (Å²) in [6, 6.07) is 17.7. The fourth-order valence-electron chi connectivity index (χ4n) is 3.98. The molecule has 31 heavy (non-hydrogen) atoms. The number of rotatable bonds is 8. The molecule has 0 radical (unpaired) electrons. The zero-order chi connectivity index (χ0) is 23.6. The average molecular weight is 421 g/mol. The molecule has 2 nitrogen and oxygen atoms in total. The monoisotopic (exact) mass is 420 g/mol. The smallest absolute Gasteiger partial charge is 0.0550 e. The van der Waals surface area contributed by atoms with Gasteiger partial charge in [0.25, 0.3) is 0 Å². The van der Waals surface area contributed by atoms with Crippen molar-refractivity contribution in [2.75, 3.05) is 0 Å². The maximum atomic E-state index is 4.16. The van der Waals surface area contributed by atoms with Gasteiger partial charge >= 0.3 is 0 Å². The second kappa shape index (κ2) is 12.5. The molecular formula is C29H44N2. The van der Waals surface area contributed by atoms with Gasteiger partial charge in [0.15, 0.2) is 0 Å². The largest absolute Gasteiger partial charge is 0.385 e. The van der Waals surface area contributed by atoms with Crippen LogP contribution in [0.15, 0.2) is 60.8 Å². The molecule has 0 heterocycles. The lowest BCUT2D eigenvalue weighted by Crippen LogP contribution is -2.51. The second-order valence-corrected chi connectivity index (χ2v) is 9.26.